The van der Waals surface area contributed by atoms with Gasteiger partial charge in [-0.15, -0.1) is 0 Å². The molecular weight excluding hydrogens is 452 g/mol. The molecule has 34 heavy (non-hydrogen) atoms. The molecule has 2 aromatic carbocycles. The summed E-state index contributed by atoms with van der Waals surface area (Å²) in [6, 6.07) is 15.0. The third-order valence-corrected chi connectivity index (χ3v) is 8.31. The summed E-state index contributed by atoms with van der Waals surface area (Å²) in [5, 5.41) is 0. The molecule has 2 aromatic rings. The van der Waals surface area contributed by atoms with E-state index < -0.39 is 14.8 Å². The number of unbranched alkanes of at least 4 members (excludes halogenated alkanes) is 3. The van der Waals surface area contributed by atoms with Gasteiger partial charge in [-0.1, -0.05) is 37.1 Å². The number of carbonyl (C=O) groups is 2. The lowest BCUT2D eigenvalue weighted by atomic mass is 10.0. The summed E-state index contributed by atoms with van der Waals surface area (Å²) in [5.41, 5.74) is 1.97. The molecule has 0 aliphatic rings. The predicted molar refractivity (Wildman–Crippen MR) is 133 cm³/mol. The zero-order chi connectivity index (χ0) is 24.8. The highest BCUT2D eigenvalue weighted by Crippen LogP contribution is 2.19. The summed E-state index contributed by atoms with van der Waals surface area (Å²) < 4.78 is 26.7. The van der Waals surface area contributed by atoms with E-state index in [0.29, 0.717) is 17.7 Å². The Morgan fingerprint density at radius 3 is 1.88 bits per heavy atom. The molecule has 0 amide bonds. The molecule has 0 N–H and O–H groups in total. The highest BCUT2D eigenvalue weighted by molar-refractivity contribution is 6.60. The number of carbonyl (C=O) groups excluding carboxylic acids is 2. The Bertz CT molecular complexity index is 911. The molecule has 0 heterocycles. The van der Waals surface area contributed by atoms with Crippen LogP contribution in [0.2, 0.25) is 6.04 Å². The van der Waals surface area contributed by atoms with Crippen molar-refractivity contribution in [3.8, 4) is 5.75 Å². The van der Waals surface area contributed by atoms with Gasteiger partial charge in [0.25, 0.3) is 0 Å². The van der Waals surface area contributed by atoms with Crippen molar-refractivity contribution in [1.82, 2.24) is 0 Å². The molecule has 0 aliphatic heterocycles. The van der Waals surface area contributed by atoms with Crippen LogP contribution < -0.4 is 4.74 Å². The lowest BCUT2D eigenvalue weighted by Crippen LogP contribution is -2.42. The summed E-state index contributed by atoms with van der Waals surface area (Å²) in [4.78, 5) is 23.9. The minimum Gasteiger partial charge on any atom is -0.494 e. The second-order valence-electron chi connectivity index (χ2n) is 7.64. The normalized spacial score (nSPS) is 11.5. The van der Waals surface area contributed by atoms with Gasteiger partial charge in [0.05, 0.1) is 13.7 Å². The van der Waals surface area contributed by atoms with Crippen LogP contribution >= 0.6 is 0 Å². The fraction of sp³-hybridized carbons (Fsp3) is 0.385. The van der Waals surface area contributed by atoms with Crippen molar-refractivity contribution >= 4 is 26.6 Å². The van der Waals surface area contributed by atoms with Crippen LogP contribution in [0.3, 0.4) is 0 Å². The van der Waals surface area contributed by atoms with E-state index in [1.54, 1.807) is 63.8 Å². The van der Waals surface area contributed by atoms with Crippen LogP contribution in [-0.2, 0) is 22.8 Å². The lowest BCUT2D eigenvalue weighted by Gasteiger charge is -2.24. The van der Waals surface area contributed by atoms with Gasteiger partial charge in [0.2, 0.25) is 0 Å². The van der Waals surface area contributed by atoms with Gasteiger partial charge in [-0.2, -0.15) is 0 Å². The van der Waals surface area contributed by atoms with Crippen molar-refractivity contribution in [2.24, 2.45) is 0 Å². The third-order valence-electron chi connectivity index (χ3n) is 5.48. The minimum absolute atomic E-state index is 0.0714. The first-order chi connectivity index (χ1) is 16.5. The number of benzene rings is 2. The smallest absolute Gasteiger partial charge is 0.494 e. The zero-order valence-corrected chi connectivity index (χ0v) is 21.4. The monoisotopic (exact) mass is 486 g/mol. The van der Waals surface area contributed by atoms with Gasteiger partial charge in [-0.05, 0) is 48.7 Å². The van der Waals surface area contributed by atoms with Gasteiger partial charge in [0, 0.05) is 44.6 Å². The molecule has 8 heteroatoms. The SMILES string of the molecule is COC(=O)C=Cc1ccc(C(=O)c2ccc(OCCCCCC[Si](OC)(OC)OC)cc2)cc1. The Kier molecular flexibility index (Phi) is 11.7. The fourth-order valence-corrected chi connectivity index (χ4v) is 5.19. The highest BCUT2D eigenvalue weighted by Gasteiger charge is 2.36. The maximum Gasteiger partial charge on any atom is 0.500 e. The fourth-order valence-electron chi connectivity index (χ4n) is 3.39. The van der Waals surface area contributed by atoms with Crippen molar-refractivity contribution in [3.05, 3.63) is 71.3 Å². The molecule has 0 spiro atoms. The predicted octanol–water partition coefficient (Wildman–Crippen LogP) is 4.92. The quantitative estimate of drug-likeness (QED) is 0.116. The molecule has 0 saturated heterocycles. The summed E-state index contributed by atoms with van der Waals surface area (Å²) in [5.74, 6) is 0.244. The standard InChI is InChI=1S/C26H34O7Si/c1-29-25(27)18-11-21-9-12-22(13-10-21)26(28)23-14-16-24(17-15-23)33-19-7-5-6-8-20-34(30-2,31-3)32-4/h9-18H,5-8,19-20H2,1-4H3. The molecule has 0 radical (unpaired) electrons. The van der Waals surface area contributed by atoms with Crippen molar-refractivity contribution in [3.63, 3.8) is 0 Å². The maximum atomic E-state index is 12.7. The molecule has 0 aromatic heterocycles. The molecule has 2 rings (SSSR count). The molecular formula is C26H34O7Si. The topological polar surface area (TPSA) is 80.3 Å². The van der Waals surface area contributed by atoms with E-state index in [1.165, 1.54) is 13.2 Å². The summed E-state index contributed by atoms with van der Waals surface area (Å²) in [7, 11) is 3.76. The molecule has 184 valence electrons. The average Bonchev–Trinajstić information content (AvgIpc) is 2.89. The maximum absolute atomic E-state index is 12.7. The van der Waals surface area contributed by atoms with Crippen LogP contribution in [-0.4, -0.2) is 55.6 Å². The summed E-state index contributed by atoms with van der Waals surface area (Å²) in [6.45, 7) is 0.620. The first-order valence-corrected chi connectivity index (χ1v) is 13.2. The van der Waals surface area contributed by atoms with Gasteiger partial charge < -0.3 is 22.8 Å². The molecule has 0 saturated carbocycles. The van der Waals surface area contributed by atoms with Gasteiger partial charge in [0.1, 0.15) is 5.75 Å². The Labute approximate surface area is 203 Å². The van der Waals surface area contributed by atoms with E-state index in [2.05, 4.69) is 4.74 Å². The largest absolute Gasteiger partial charge is 0.500 e. The molecule has 0 aliphatic carbocycles. The number of rotatable bonds is 15. The number of hydrogen-bond donors (Lipinski definition) is 0. The number of ketones is 1. The Balaban J connectivity index is 1.75. The summed E-state index contributed by atoms with van der Waals surface area (Å²) >= 11 is 0. The van der Waals surface area contributed by atoms with Crippen molar-refractivity contribution in [2.45, 2.75) is 31.7 Å². The summed E-state index contributed by atoms with van der Waals surface area (Å²) in [6.07, 6.45) is 7.01. The lowest BCUT2D eigenvalue weighted by molar-refractivity contribution is -0.134. The van der Waals surface area contributed by atoms with Crippen LogP contribution in [0.25, 0.3) is 6.08 Å². The van der Waals surface area contributed by atoms with Crippen molar-refractivity contribution < 1.29 is 32.3 Å². The number of methoxy groups -OCH3 is 1. The molecule has 7 nitrogen and oxygen atoms in total. The van der Waals surface area contributed by atoms with Gasteiger partial charge >= 0.3 is 14.8 Å². The van der Waals surface area contributed by atoms with Crippen LogP contribution in [0.1, 0.15) is 47.2 Å². The average molecular weight is 487 g/mol. The Hall–Kier alpha value is -2.78. The highest BCUT2D eigenvalue weighted by atomic mass is 28.4. The molecule has 0 fully saturated rings. The van der Waals surface area contributed by atoms with Crippen molar-refractivity contribution in [1.29, 1.82) is 0 Å². The van der Waals surface area contributed by atoms with E-state index in [1.807, 2.05) is 12.1 Å². The van der Waals surface area contributed by atoms with E-state index in [0.717, 1.165) is 43.0 Å². The number of ether oxygens (including phenoxy) is 2. The van der Waals surface area contributed by atoms with Gasteiger partial charge in [0.15, 0.2) is 5.78 Å². The zero-order valence-electron chi connectivity index (χ0n) is 20.4. The molecule has 0 atom stereocenters. The van der Waals surface area contributed by atoms with Crippen LogP contribution in [0.5, 0.6) is 5.75 Å². The first kappa shape index (κ1) is 27.5. The van der Waals surface area contributed by atoms with E-state index in [-0.39, 0.29) is 5.78 Å². The van der Waals surface area contributed by atoms with E-state index in [4.69, 9.17) is 18.0 Å². The number of esters is 1. The first-order valence-electron chi connectivity index (χ1n) is 11.3. The minimum atomic E-state index is -2.47. The van der Waals surface area contributed by atoms with Crippen molar-refractivity contribution in [2.75, 3.05) is 35.0 Å². The van der Waals surface area contributed by atoms with E-state index in [9.17, 15) is 9.59 Å². The molecule has 0 bridgehead atoms. The Morgan fingerprint density at radius 1 is 0.765 bits per heavy atom. The van der Waals surface area contributed by atoms with E-state index >= 15 is 0 Å². The second kappa shape index (κ2) is 14.5. The second-order valence-corrected chi connectivity index (χ2v) is 10.7. The van der Waals surface area contributed by atoms with Crippen LogP contribution in [0.4, 0.5) is 0 Å². The van der Waals surface area contributed by atoms with Crippen LogP contribution in [0.15, 0.2) is 54.6 Å². The number of hydrogen-bond acceptors (Lipinski definition) is 7. The third kappa shape index (κ3) is 8.53. The Morgan fingerprint density at radius 2 is 1.32 bits per heavy atom. The van der Waals surface area contributed by atoms with Gasteiger partial charge in [-0.3, -0.25) is 4.79 Å². The molecule has 0 unspecified atom stereocenters. The van der Waals surface area contributed by atoms with Gasteiger partial charge in [-0.25, -0.2) is 4.79 Å². The van der Waals surface area contributed by atoms with Crippen LogP contribution in [0, 0.1) is 0 Å².